The quantitative estimate of drug-likeness (QED) is 0.672. The standard InChI is InChI=1S/C19H18N4O2/c20-19(25)21-13-5-3-4-12(10-13)18(24)23-9-8-17-15(11-23)14-6-1-2-7-16(14)22-17/h1-7,10,22H,8-9,11H2,(H3,20,21,25). The predicted molar refractivity (Wildman–Crippen MR) is 96.4 cm³/mol. The first-order valence-corrected chi connectivity index (χ1v) is 8.16. The monoisotopic (exact) mass is 334 g/mol. The lowest BCUT2D eigenvalue weighted by molar-refractivity contribution is 0.0735. The molecule has 3 amide bonds. The molecule has 2 aromatic carbocycles. The van der Waals surface area contributed by atoms with E-state index in [-0.39, 0.29) is 5.91 Å². The summed E-state index contributed by atoms with van der Waals surface area (Å²) in [6.07, 6.45) is 0.801. The van der Waals surface area contributed by atoms with Crippen molar-refractivity contribution in [2.24, 2.45) is 5.73 Å². The molecule has 3 aromatic rings. The lowest BCUT2D eigenvalue weighted by atomic mass is 10.0. The third-order valence-corrected chi connectivity index (χ3v) is 4.55. The van der Waals surface area contributed by atoms with Gasteiger partial charge in [-0.25, -0.2) is 4.79 Å². The Bertz CT molecular complexity index is 976. The Morgan fingerprint density at radius 2 is 1.96 bits per heavy atom. The first-order chi connectivity index (χ1) is 12.1. The molecule has 4 rings (SSSR count). The summed E-state index contributed by atoms with van der Waals surface area (Å²) in [6, 6.07) is 14.3. The number of rotatable bonds is 2. The van der Waals surface area contributed by atoms with Gasteiger partial charge in [0.25, 0.3) is 5.91 Å². The normalized spacial score (nSPS) is 13.5. The van der Waals surface area contributed by atoms with E-state index in [1.54, 1.807) is 24.3 Å². The number of primary amides is 1. The van der Waals surface area contributed by atoms with Gasteiger partial charge in [-0.2, -0.15) is 0 Å². The van der Waals surface area contributed by atoms with Crippen LogP contribution in [0, 0.1) is 0 Å². The summed E-state index contributed by atoms with van der Waals surface area (Å²) >= 11 is 0. The van der Waals surface area contributed by atoms with E-state index in [2.05, 4.69) is 22.4 Å². The van der Waals surface area contributed by atoms with Crippen LogP contribution in [0.5, 0.6) is 0 Å². The van der Waals surface area contributed by atoms with Crippen LogP contribution in [0.3, 0.4) is 0 Å². The number of amides is 3. The van der Waals surface area contributed by atoms with Crippen LogP contribution < -0.4 is 11.1 Å². The maximum atomic E-state index is 12.9. The summed E-state index contributed by atoms with van der Waals surface area (Å²) in [5.74, 6) is -0.0518. The molecule has 6 nitrogen and oxygen atoms in total. The van der Waals surface area contributed by atoms with E-state index >= 15 is 0 Å². The Balaban J connectivity index is 1.61. The highest BCUT2D eigenvalue weighted by molar-refractivity contribution is 5.97. The molecule has 1 aromatic heterocycles. The molecule has 0 spiro atoms. The summed E-state index contributed by atoms with van der Waals surface area (Å²) in [4.78, 5) is 29.2. The van der Waals surface area contributed by atoms with E-state index in [0.29, 0.717) is 24.3 Å². The minimum Gasteiger partial charge on any atom is -0.358 e. The highest BCUT2D eigenvalue weighted by Gasteiger charge is 2.24. The Morgan fingerprint density at radius 1 is 1.12 bits per heavy atom. The molecule has 1 aliphatic heterocycles. The fourth-order valence-corrected chi connectivity index (χ4v) is 3.39. The largest absolute Gasteiger partial charge is 0.358 e. The molecule has 0 saturated carbocycles. The van der Waals surface area contributed by atoms with Gasteiger partial charge in [-0.05, 0) is 24.3 Å². The molecule has 4 N–H and O–H groups in total. The van der Waals surface area contributed by atoms with E-state index in [9.17, 15) is 9.59 Å². The summed E-state index contributed by atoms with van der Waals surface area (Å²) in [5.41, 5.74) is 9.68. The van der Waals surface area contributed by atoms with Crippen molar-refractivity contribution in [1.82, 2.24) is 9.88 Å². The number of nitrogens with two attached hydrogens (primary N) is 1. The van der Waals surface area contributed by atoms with Crippen LogP contribution in [0.2, 0.25) is 0 Å². The van der Waals surface area contributed by atoms with Gasteiger partial charge in [-0.15, -0.1) is 0 Å². The number of benzene rings is 2. The van der Waals surface area contributed by atoms with E-state index in [0.717, 1.165) is 11.9 Å². The number of nitrogens with one attached hydrogen (secondary N) is 2. The maximum absolute atomic E-state index is 12.9. The number of carbonyl (C=O) groups is 2. The number of para-hydroxylation sites is 1. The average Bonchev–Trinajstić information content (AvgIpc) is 2.98. The van der Waals surface area contributed by atoms with Gasteiger partial charge in [0.05, 0.1) is 0 Å². The molecule has 1 aliphatic rings. The predicted octanol–water partition coefficient (Wildman–Crippen LogP) is 2.86. The van der Waals surface area contributed by atoms with Crippen molar-refractivity contribution in [2.45, 2.75) is 13.0 Å². The molecule has 0 aliphatic carbocycles. The second kappa shape index (κ2) is 5.98. The fourth-order valence-electron chi connectivity index (χ4n) is 3.39. The molecule has 0 saturated heterocycles. The maximum Gasteiger partial charge on any atom is 0.316 e. The van der Waals surface area contributed by atoms with Gasteiger partial charge >= 0.3 is 6.03 Å². The van der Waals surface area contributed by atoms with Crippen LogP contribution in [0.1, 0.15) is 21.6 Å². The van der Waals surface area contributed by atoms with Crippen LogP contribution in [0.4, 0.5) is 10.5 Å². The molecular formula is C19H18N4O2. The first-order valence-electron chi connectivity index (χ1n) is 8.16. The lowest BCUT2D eigenvalue weighted by Crippen LogP contribution is -2.35. The van der Waals surface area contributed by atoms with E-state index in [1.165, 1.54) is 16.6 Å². The van der Waals surface area contributed by atoms with Crippen molar-refractivity contribution in [2.75, 3.05) is 11.9 Å². The van der Waals surface area contributed by atoms with E-state index in [4.69, 9.17) is 5.73 Å². The highest BCUT2D eigenvalue weighted by Crippen LogP contribution is 2.28. The Hall–Kier alpha value is -3.28. The molecule has 0 atom stereocenters. The van der Waals surface area contributed by atoms with Gasteiger partial charge in [0.2, 0.25) is 0 Å². The number of carbonyl (C=O) groups excluding carboxylic acids is 2. The lowest BCUT2D eigenvalue weighted by Gasteiger charge is -2.27. The van der Waals surface area contributed by atoms with Crippen LogP contribution in [-0.2, 0) is 13.0 Å². The first kappa shape index (κ1) is 15.3. The number of nitrogens with zero attached hydrogens (tertiary/aromatic N) is 1. The molecule has 126 valence electrons. The van der Waals surface area contributed by atoms with Crippen molar-refractivity contribution < 1.29 is 9.59 Å². The van der Waals surface area contributed by atoms with Gasteiger partial charge in [0.15, 0.2) is 0 Å². The van der Waals surface area contributed by atoms with Gasteiger partial charge < -0.3 is 20.9 Å². The number of fused-ring (bicyclic) bond motifs is 3. The Kier molecular flexibility index (Phi) is 3.65. The number of H-pyrrole nitrogens is 1. The van der Waals surface area contributed by atoms with Crippen LogP contribution in [-0.4, -0.2) is 28.4 Å². The average molecular weight is 334 g/mol. The molecular weight excluding hydrogens is 316 g/mol. The topological polar surface area (TPSA) is 91.2 Å². The highest BCUT2D eigenvalue weighted by atomic mass is 16.2. The summed E-state index contributed by atoms with van der Waals surface area (Å²) in [5, 5.41) is 3.67. The van der Waals surface area contributed by atoms with Gasteiger partial charge in [0.1, 0.15) is 0 Å². The Labute approximate surface area is 144 Å². The number of aromatic nitrogens is 1. The molecule has 0 bridgehead atoms. The number of anilines is 1. The minimum atomic E-state index is -0.647. The van der Waals surface area contributed by atoms with Gasteiger partial charge in [0, 0.05) is 52.9 Å². The Morgan fingerprint density at radius 3 is 2.80 bits per heavy atom. The van der Waals surface area contributed by atoms with Crippen LogP contribution >= 0.6 is 0 Å². The molecule has 0 fully saturated rings. The van der Waals surface area contributed by atoms with Crippen molar-refractivity contribution in [3.05, 3.63) is 65.4 Å². The molecule has 2 heterocycles. The zero-order valence-corrected chi connectivity index (χ0v) is 13.6. The molecule has 6 heteroatoms. The van der Waals surface area contributed by atoms with Crippen LogP contribution in [0.15, 0.2) is 48.5 Å². The fraction of sp³-hybridized carbons (Fsp3) is 0.158. The summed E-state index contributed by atoms with van der Waals surface area (Å²) in [6.45, 7) is 1.23. The third-order valence-electron chi connectivity index (χ3n) is 4.55. The van der Waals surface area contributed by atoms with Crippen molar-refractivity contribution in [3.8, 4) is 0 Å². The SMILES string of the molecule is NC(=O)Nc1cccc(C(=O)N2CCc3[nH]c4ccccc4c3C2)c1. The molecule has 0 radical (unpaired) electrons. The van der Waals surface area contributed by atoms with Gasteiger partial charge in [-0.1, -0.05) is 24.3 Å². The smallest absolute Gasteiger partial charge is 0.316 e. The minimum absolute atomic E-state index is 0.0518. The van der Waals surface area contributed by atoms with Crippen molar-refractivity contribution >= 4 is 28.5 Å². The molecule has 0 unspecified atom stereocenters. The van der Waals surface area contributed by atoms with Gasteiger partial charge in [-0.3, -0.25) is 4.79 Å². The molecule has 25 heavy (non-hydrogen) atoms. The number of hydrogen-bond donors (Lipinski definition) is 3. The summed E-state index contributed by atoms with van der Waals surface area (Å²) < 4.78 is 0. The second-order valence-corrected chi connectivity index (χ2v) is 6.17. The van der Waals surface area contributed by atoms with E-state index in [1.807, 2.05) is 17.0 Å². The van der Waals surface area contributed by atoms with E-state index < -0.39 is 6.03 Å². The van der Waals surface area contributed by atoms with Crippen LogP contribution in [0.25, 0.3) is 10.9 Å². The zero-order chi connectivity index (χ0) is 17.4. The third kappa shape index (κ3) is 2.82. The number of aromatic amines is 1. The second-order valence-electron chi connectivity index (χ2n) is 6.17. The zero-order valence-electron chi connectivity index (χ0n) is 13.6. The number of hydrogen-bond acceptors (Lipinski definition) is 2. The number of urea groups is 1. The van der Waals surface area contributed by atoms with Crippen molar-refractivity contribution in [1.29, 1.82) is 0 Å². The summed E-state index contributed by atoms with van der Waals surface area (Å²) in [7, 11) is 0. The van der Waals surface area contributed by atoms with Crippen molar-refractivity contribution in [3.63, 3.8) is 0 Å².